The van der Waals surface area contributed by atoms with Crippen LogP contribution in [-0.2, 0) is 0 Å². The van der Waals surface area contributed by atoms with Gasteiger partial charge in [-0.05, 0) is 55.0 Å². The second-order valence-corrected chi connectivity index (χ2v) is 8.42. The third kappa shape index (κ3) is 4.31. The molecule has 3 aromatic rings. The fourth-order valence-corrected chi connectivity index (χ4v) is 4.05. The highest BCUT2D eigenvalue weighted by Gasteiger charge is 2.26. The van der Waals surface area contributed by atoms with Gasteiger partial charge in [-0.3, -0.25) is 9.59 Å². The highest BCUT2D eigenvalue weighted by atomic mass is 79.9. The van der Waals surface area contributed by atoms with Crippen molar-refractivity contribution in [3.8, 4) is 0 Å². The van der Waals surface area contributed by atoms with Crippen molar-refractivity contribution in [3.05, 3.63) is 99.5 Å². The van der Waals surface area contributed by atoms with Crippen LogP contribution in [0.1, 0.15) is 31.8 Å². The first-order chi connectivity index (χ1) is 14.5. The monoisotopic (exact) mass is 462 g/mol. The molecule has 4 nitrogen and oxygen atoms in total. The molecule has 0 aliphatic carbocycles. The van der Waals surface area contributed by atoms with E-state index >= 15 is 0 Å². The highest BCUT2D eigenvalue weighted by molar-refractivity contribution is 9.10. The Labute approximate surface area is 185 Å². The van der Waals surface area contributed by atoms with Crippen molar-refractivity contribution < 1.29 is 9.59 Å². The van der Waals surface area contributed by atoms with Crippen molar-refractivity contribution in [2.45, 2.75) is 6.92 Å². The molecule has 1 saturated heterocycles. The maximum atomic E-state index is 13.3. The van der Waals surface area contributed by atoms with Crippen molar-refractivity contribution >= 4 is 33.3 Å². The lowest BCUT2D eigenvalue weighted by molar-refractivity contribution is 0.0742. The zero-order chi connectivity index (χ0) is 21.1. The largest absolute Gasteiger partial charge is 0.368 e. The Bertz CT molecular complexity index is 1070. The number of aryl methyl sites for hydroxylation is 1. The van der Waals surface area contributed by atoms with Gasteiger partial charge in [-0.2, -0.15) is 0 Å². The highest BCUT2D eigenvalue weighted by Crippen LogP contribution is 2.21. The maximum Gasteiger partial charge on any atom is 0.254 e. The van der Waals surface area contributed by atoms with Crippen LogP contribution in [0.5, 0.6) is 0 Å². The predicted octanol–water partition coefficient (Wildman–Crippen LogP) is 4.95. The Morgan fingerprint density at radius 2 is 1.47 bits per heavy atom. The first kappa shape index (κ1) is 20.4. The molecule has 5 heteroatoms. The van der Waals surface area contributed by atoms with Crippen LogP contribution in [0, 0.1) is 6.92 Å². The summed E-state index contributed by atoms with van der Waals surface area (Å²) in [5.41, 5.74) is 3.90. The third-order valence-corrected chi connectivity index (χ3v) is 5.97. The van der Waals surface area contributed by atoms with E-state index in [0.717, 1.165) is 17.6 Å². The van der Waals surface area contributed by atoms with Gasteiger partial charge >= 0.3 is 0 Å². The van der Waals surface area contributed by atoms with E-state index in [2.05, 4.69) is 52.0 Å². The van der Waals surface area contributed by atoms with E-state index in [9.17, 15) is 9.59 Å². The second kappa shape index (κ2) is 8.84. The molecule has 30 heavy (non-hydrogen) atoms. The van der Waals surface area contributed by atoms with Crippen molar-refractivity contribution in [1.29, 1.82) is 0 Å². The summed E-state index contributed by atoms with van der Waals surface area (Å²) in [6.45, 7) is 4.90. The van der Waals surface area contributed by atoms with Crippen LogP contribution in [0.4, 0.5) is 5.69 Å². The SMILES string of the molecule is Cc1cccc(N2CCN(C(=O)c3ccccc3C(=O)c3ccc(Br)cc3)CC2)c1. The number of carbonyl (C=O) groups is 2. The summed E-state index contributed by atoms with van der Waals surface area (Å²) in [5.74, 6) is -0.218. The number of anilines is 1. The lowest BCUT2D eigenvalue weighted by Gasteiger charge is -2.36. The number of carbonyl (C=O) groups excluding carboxylic acids is 2. The number of hydrogen-bond acceptors (Lipinski definition) is 3. The fraction of sp³-hybridized carbons (Fsp3) is 0.200. The minimum atomic E-state index is -0.134. The van der Waals surface area contributed by atoms with Crippen LogP contribution in [0.25, 0.3) is 0 Å². The Balaban J connectivity index is 1.51. The molecule has 1 amide bonds. The molecule has 0 unspecified atom stereocenters. The number of rotatable bonds is 4. The molecular formula is C25H23BrN2O2. The van der Waals surface area contributed by atoms with Gasteiger partial charge < -0.3 is 9.80 Å². The number of halogens is 1. The molecule has 0 N–H and O–H groups in total. The molecular weight excluding hydrogens is 440 g/mol. The van der Waals surface area contributed by atoms with Gasteiger partial charge in [-0.15, -0.1) is 0 Å². The number of amides is 1. The molecule has 0 aromatic heterocycles. The van der Waals surface area contributed by atoms with E-state index < -0.39 is 0 Å². The van der Waals surface area contributed by atoms with Crippen molar-refractivity contribution in [2.24, 2.45) is 0 Å². The molecule has 0 radical (unpaired) electrons. The van der Waals surface area contributed by atoms with Crippen LogP contribution in [0.2, 0.25) is 0 Å². The van der Waals surface area contributed by atoms with Crippen LogP contribution in [0.15, 0.2) is 77.3 Å². The quantitative estimate of drug-likeness (QED) is 0.514. The number of piperazine rings is 1. The van der Waals surface area contributed by atoms with Gasteiger partial charge in [0, 0.05) is 47.5 Å². The first-order valence-electron chi connectivity index (χ1n) is 10.0. The first-order valence-corrected chi connectivity index (χ1v) is 10.8. The van der Waals surface area contributed by atoms with Gasteiger partial charge in [0.25, 0.3) is 5.91 Å². The van der Waals surface area contributed by atoms with Crippen LogP contribution in [0.3, 0.4) is 0 Å². The molecule has 1 aliphatic rings. The summed E-state index contributed by atoms with van der Waals surface area (Å²) in [6.07, 6.45) is 0. The van der Waals surface area contributed by atoms with E-state index in [0.29, 0.717) is 29.8 Å². The Kier molecular flexibility index (Phi) is 6.00. The van der Waals surface area contributed by atoms with E-state index in [4.69, 9.17) is 0 Å². The number of hydrogen-bond donors (Lipinski definition) is 0. The lowest BCUT2D eigenvalue weighted by Crippen LogP contribution is -2.49. The van der Waals surface area contributed by atoms with Gasteiger partial charge in [0.15, 0.2) is 5.78 Å². The number of ketones is 1. The molecule has 1 heterocycles. The van der Waals surface area contributed by atoms with E-state index in [1.54, 1.807) is 30.3 Å². The lowest BCUT2D eigenvalue weighted by atomic mass is 9.97. The van der Waals surface area contributed by atoms with Gasteiger partial charge in [-0.1, -0.05) is 46.3 Å². The van der Waals surface area contributed by atoms with E-state index in [-0.39, 0.29) is 11.7 Å². The summed E-state index contributed by atoms with van der Waals surface area (Å²) in [7, 11) is 0. The summed E-state index contributed by atoms with van der Waals surface area (Å²) < 4.78 is 0.912. The Morgan fingerprint density at radius 3 is 2.13 bits per heavy atom. The van der Waals surface area contributed by atoms with Gasteiger partial charge in [-0.25, -0.2) is 0 Å². The van der Waals surface area contributed by atoms with Crippen molar-refractivity contribution in [3.63, 3.8) is 0 Å². The average Bonchev–Trinajstić information content (AvgIpc) is 2.79. The minimum Gasteiger partial charge on any atom is -0.368 e. The number of nitrogens with zero attached hydrogens (tertiary/aromatic N) is 2. The van der Waals surface area contributed by atoms with Gasteiger partial charge in [0.1, 0.15) is 0 Å². The van der Waals surface area contributed by atoms with Crippen LogP contribution < -0.4 is 4.90 Å². The van der Waals surface area contributed by atoms with Crippen molar-refractivity contribution in [1.82, 2.24) is 4.90 Å². The summed E-state index contributed by atoms with van der Waals surface area (Å²) >= 11 is 3.39. The normalized spacial score (nSPS) is 13.9. The Hall–Kier alpha value is -2.92. The molecule has 3 aromatic carbocycles. The third-order valence-electron chi connectivity index (χ3n) is 5.44. The summed E-state index contributed by atoms with van der Waals surface area (Å²) in [4.78, 5) is 30.4. The predicted molar refractivity (Wildman–Crippen MR) is 123 cm³/mol. The molecule has 0 atom stereocenters. The summed E-state index contributed by atoms with van der Waals surface area (Å²) in [5, 5.41) is 0. The molecule has 0 saturated carbocycles. The maximum absolute atomic E-state index is 13.3. The second-order valence-electron chi connectivity index (χ2n) is 7.50. The van der Waals surface area contributed by atoms with Crippen LogP contribution in [-0.4, -0.2) is 42.8 Å². The fourth-order valence-electron chi connectivity index (χ4n) is 3.79. The standard InChI is InChI=1S/C25H23BrN2O2/c1-18-5-4-6-21(17-18)27-13-15-28(16-14-27)25(30)23-8-3-2-7-22(23)24(29)19-9-11-20(26)12-10-19/h2-12,17H,13-16H2,1H3. The molecule has 1 aliphatic heterocycles. The minimum absolute atomic E-state index is 0.0834. The molecule has 1 fully saturated rings. The topological polar surface area (TPSA) is 40.6 Å². The van der Waals surface area contributed by atoms with Gasteiger partial charge in [0.05, 0.1) is 5.56 Å². The van der Waals surface area contributed by atoms with E-state index in [1.165, 1.54) is 11.3 Å². The van der Waals surface area contributed by atoms with E-state index in [1.807, 2.05) is 23.1 Å². The molecule has 152 valence electrons. The summed E-state index contributed by atoms with van der Waals surface area (Å²) in [6, 6.07) is 22.7. The Morgan fingerprint density at radius 1 is 0.800 bits per heavy atom. The molecule has 4 rings (SSSR count). The smallest absolute Gasteiger partial charge is 0.254 e. The zero-order valence-corrected chi connectivity index (χ0v) is 18.4. The van der Waals surface area contributed by atoms with Crippen molar-refractivity contribution in [2.75, 3.05) is 31.1 Å². The van der Waals surface area contributed by atoms with Gasteiger partial charge in [0.2, 0.25) is 0 Å². The number of benzene rings is 3. The average molecular weight is 463 g/mol. The zero-order valence-electron chi connectivity index (χ0n) is 16.8. The molecule has 0 bridgehead atoms. The van der Waals surface area contributed by atoms with Crippen LogP contribution >= 0.6 is 15.9 Å². The molecule has 0 spiro atoms.